The van der Waals surface area contributed by atoms with Crippen molar-refractivity contribution in [1.82, 2.24) is 0 Å². The first-order valence-electron chi connectivity index (χ1n) is 22.1. The number of unbranched alkanes of at least 4 members (excludes halogenated alkanes) is 2. The van der Waals surface area contributed by atoms with Crippen molar-refractivity contribution in [2.24, 2.45) is 0 Å². The number of benzene rings is 6. The third kappa shape index (κ3) is 6.77. The minimum absolute atomic E-state index is 0.493. The molecule has 0 saturated heterocycles. The molecule has 9 rings (SSSR count). The van der Waals surface area contributed by atoms with Gasteiger partial charge in [0.1, 0.15) is 0 Å². The van der Waals surface area contributed by atoms with Crippen LogP contribution >= 0.6 is 0 Å². The molecule has 1 aliphatic heterocycles. The molecule has 0 amide bonds. The molecule has 0 radical (unpaired) electrons. The molecule has 0 aromatic heterocycles. The van der Waals surface area contributed by atoms with Crippen LogP contribution in [0.3, 0.4) is 0 Å². The Kier molecular flexibility index (Phi) is 11.0. The molecule has 0 saturated carbocycles. The zero-order chi connectivity index (χ0) is 40.2. The van der Waals surface area contributed by atoms with Crippen LogP contribution in [0, 0.1) is 41.5 Å². The van der Waals surface area contributed by atoms with E-state index < -0.39 is 31.3 Å². The van der Waals surface area contributed by atoms with Crippen LogP contribution in [0.5, 0.6) is 0 Å². The summed E-state index contributed by atoms with van der Waals surface area (Å²) in [5, 5.41) is 3.40. The number of allylic oxidation sites excluding steroid dienone is 2. The van der Waals surface area contributed by atoms with Crippen LogP contribution in [0.4, 0.5) is 0 Å². The molecule has 0 nitrogen and oxygen atoms in total. The molecule has 2 unspecified atom stereocenters. The topological polar surface area (TPSA) is 0 Å². The second kappa shape index (κ2) is 16.2. The third-order valence-corrected chi connectivity index (χ3v) is 26.0. The van der Waals surface area contributed by atoms with Gasteiger partial charge in [0.15, 0.2) is 0 Å². The van der Waals surface area contributed by atoms with E-state index in [1.54, 1.807) is 38.2 Å². The van der Waals surface area contributed by atoms with Gasteiger partial charge in [0.25, 0.3) is 0 Å². The van der Waals surface area contributed by atoms with Crippen molar-refractivity contribution in [3.8, 4) is 33.4 Å². The first-order valence-corrected chi connectivity index (χ1v) is 27.6. The maximum absolute atomic E-state index is 2.87. The summed E-state index contributed by atoms with van der Waals surface area (Å²) < 4.78 is 2.79. The van der Waals surface area contributed by atoms with Crippen molar-refractivity contribution < 1.29 is 21.8 Å². The van der Waals surface area contributed by atoms with Gasteiger partial charge in [-0.2, -0.15) is 0 Å². The molecule has 2 heteroatoms. The molecule has 58 heavy (non-hydrogen) atoms. The first-order chi connectivity index (χ1) is 28.2. The predicted molar refractivity (Wildman–Crippen MR) is 252 cm³/mol. The van der Waals surface area contributed by atoms with Crippen LogP contribution in [0.15, 0.2) is 114 Å². The van der Waals surface area contributed by atoms with Gasteiger partial charge in [-0.25, -0.2) is 0 Å². The van der Waals surface area contributed by atoms with Gasteiger partial charge in [-0.1, -0.05) is 0 Å². The summed E-state index contributed by atoms with van der Waals surface area (Å²) in [7, 11) is -0.620. The van der Waals surface area contributed by atoms with E-state index in [0.717, 1.165) is 0 Å². The average Bonchev–Trinajstić information content (AvgIpc) is 3.91. The van der Waals surface area contributed by atoms with Gasteiger partial charge in [-0.15, -0.1) is 0 Å². The molecule has 6 aromatic carbocycles. The molecular weight excluding hydrogens is 792 g/mol. The van der Waals surface area contributed by atoms with E-state index in [9.17, 15) is 0 Å². The predicted octanol–water partition coefficient (Wildman–Crippen LogP) is 12.9. The van der Waals surface area contributed by atoms with Crippen molar-refractivity contribution in [3.63, 3.8) is 0 Å². The molecule has 3 aliphatic rings. The zero-order valence-corrected chi connectivity index (χ0v) is 39.9. The second-order valence-electron chi connectivity index (χ2n) is 17.8. The van der Waals surface area contributed by atoms with Crippen molar-refractivity contribution in [2.45, 2.75) is 101 Å². The van der Waals surface area contributed by atoms with Crippen LogP contribution in [0.25, 0.3) is 45.5 Å². The van der Waals surface area contributed by atoms with Crippen LogP contribution in [0.2, 0.25) is 0 Å². The summed E-state index contributed by atoms with van der Waals surface area (Å²) in [5.74, 6) is 0. The summed E-state index contributed by atoms with van der Waals surface area (Å²) in [4.78, 5) is 0. The van der Waals surface area contributed by atoms with Crippen molar-refractivity contribution in [2.75, 3.05) is 0 Å². The van der Waals surface area contributed by atoms with E-state index in [1.807, 2.05) is 3.27 Å². The van der Waals surface area contributed by atoms with Crippen molar-refractivity contribution in [3.05, 3.63) is 170 Å². The number of hydrogen-bond acceptors (Lipinski definition) is 0. The van der Waals surface area contributed by atoms with Crippen molar-refractivity contribution in [1.29, 1.82) is 0 Å². The Balaban J connectivity index is 1.32. The molecule has 0 bridgehead atoms. The quantitative estimate of drug-likeness (QED) is 0.114. The average molecular weight is 851 g/mol. The van der Waals surface area contributed by atoms with E-state index in [-0.39, 0.29) is 0 Å². The molecule has 0 spiro atoms. The second-order valence-corrected chi connectivity index (χ2v) is 26.0. The summed E-state index contributed by atoms with van der Waals surface area (Å²) in [6, 6.07) is 41.4. The van der Waals surface area contributed by atoms with Gasteiger partial charge < -0.3 is 0 Å². The number of rotatable bonds is 11. The number of hydrogen-bond donors (Lipinski definition) is 0. The van der Waals surface area contributed by atoms with E-state index >= 15 is 0 Å². The van der Waals surface area contributed by atoms with E-state index in [0.29, 0.717) is 7.25 Å². The summed E-state index contributed by atoms with van der Waals surface area (Å²) >= 11 is -2.87. The fourth-order valence-electron chi connectivity index (χ4n) is 10.9. The summed E-state index contributed by atoms with van der Waals surface area (Å²) in [6.45, 7) is 18.5. The molecular formula is C56H59SiZr. The monoisotopic (exact) mass is 849 g/mol. The summed E-state index contributed by atoms with van der Waals surface area (Å²) in [5.41, 5.74) is 26.8. The van der Waals surface area contributed by atoms with Gasteiger partial charge in [0.05, 0.1) is 0 Å². The fraction of sp³-hybridized carbons (Fsp3) is 0.286. The van der Waals surface area contributed by atoms with Gasteiger partial charge >= 0.3 is 362 Å². The Morgan fingerprint density at radius 3 is 1.52 bits per heavy atom. The minimum atomic E-state index is -2.87. The SMILES string of the molecule is CCCCC1=Cc2c(-c3cc(C)cc(C)c3C)cccc2[CH]1[Zr]([c]1cccc2c1[SiH2]c1ccccc1-2)[CH]1C(CCCC)=Cc2c(-c3cc(C)cc(C)c3C)cccc21. The van der Waals surface area contributed by atoms with Gasteiger partial charge in [0.2, 0.25) is 0 Å². The van der Waals surface area contributed by atoms with Crippen LogP contribution in [0.1, 0.15) is 115 Å². The summed E-state index contributed by atoms with van der Waals surface area (Å²) in [6.07, 6.45) is 12.7. The van der Waals surface area contributed by atoms with Crippen LogP contribution in [-0.2, 0) is 21.8 Å². The Hall–Kier alpha value is -4.10. The third-order valence-electron chi connectivity index (χ3n) is 13.9. The van der Waals surface area contributed by atoms with Gasteiger partial charge in [-0.3, -0.25) is 0 Å². The Bertz CT molecular complexity index is 2520. The van der Waals surface area contributed by atoms with E-state index in [2.05, 4.69) is 171 Å². The normalized spacial score (nSPS) is 16.6. The standard InChI is InChI=1S/2C22H25.C12H9Si.Zr/c2*1-5-6-8-18-13-19-9-7-10-20(22(19)14-18)21-12-15(2)11-16(3)17(21)4;1-3-7-11-9(5-1)10-6-2-4-8-12(10)13-11;/h2*7,9-14H,5-6,8H2,1-4H3;1-7H,13H2;. The fourth-order valence-corrected chi connectivity index (χ4v) is 24.9. The van der Waals surface area contributed by atoms with Gasteiger partial charge in [0, 0.05) is 0 Å². The number of aryl methyl sites for hydroxylation is 4. The Morgan fingerprint density at radius 2 is 0.983 bits per heavy atom. The maximum atomic E-state index is 2.72. The van der Waals surface area contributed by atoms with Crippen LogP contribution in [-0.4, -0.2) is 9.52 Å². The Labute approximate surface area is 359 Å². The molecule has 6 aromatic rings. The van der Waals surface area contributed by atoms with Crippen LogP contribution < -0.4 is 13.6 Å². The molecule has 291 valence electrons. The molecule has 2 aliphatic carbocycles. The first kappa shape index (κ1) is 39.4. The number of fused-ring (bicyclic) bond motifs is 5. The molecule has 1 heterocycles. The molecule has 0 N–H and O–H groups in total. The van der Waals surface area contributed by atoms with E-state index in [1.165, 1.54) is 111 Å². The van der Waals surface area contributed by atoms with Gasteiger partial charge in [-0.05, 0) is 0 Å². The van der Waals surface area contributed by atoms with Crippen molar-refractivity contribution >= 4 is 35.3 Å². The molecule has 0 fully saturated rings. The Morgan fingerprint density at radius 1 is 0.500 bits per heavy atom. The molecule has 2 atom stereocenters. The van der Waals surface area contributed by atoms with E-state index in [4.69, 9.17) is 0 Å². The zero-order valence-electron chi connectivity index (χ0n) is 36.1.